The Balaban J connectivity index is 2.64. The van der Waals surface area contributed by atoms with Crippen LogP contribution in [0.4, 0.5) is 0 Å². The van der Waals surface area contributed by atoms with Gasteiger partial charge in [-0.2, -0.15) is 0 Å². The predicted molar refractivity (Wildman–Crippen MR) is 78.0 cm³/mol. The van der Waals surface area contributed by atoms with Gasteiger partial charge >= 0.3 is 0 Å². The largest absolute Gasteiger partial charge is 0.352 e. The molecule has 0 aliphatic rings. The van der Waals surface area contributed by atoms with Crippen LogP contribution in [0.1, 0.15) is 33.3 Å². The minimum absolute atomic E-state index is 0.0297. The van der Waals surface area contributed by atoms with E-state index in [2.05, 4.69) is 21.2 Å². The van der Waals surface area contributed by atoms with Crippen LogP contribution in [-0.2, 0) is 11.3 Å². The zero-order valence-electron chi connectivity index (χ0n) is 11.4. The lowest BCUT2D eigenvalue weighted by Gasteiger charge is -2.36. The normalized spacial score (nSPS) is 12.3. The van der Waals surface area contributed by atoms with E-state index < -0.39 is 11.0 Å². The monoisotopic (exact) mass is 312 g/mol. The molecule has 18 heavy (non-hydrogen) atoms. The van der Waals surface area contributed by atoms with E-state index in [1.807, 2.05) is 52.0 Å². The highest BCUT2D eigenvalue weighted by Gasteiger charge is 2.40. The van der Waals surface area contributed by atoms with E-state index >= 15 is 0 Å². The summed E-state index contributed by atoms with van der Waals surface area (Å²) in [5.41, 5.74) is 5.94. The van der Waals surface area contributed by atoms with Crippen molar-refractivity contribution in [3.05, 3.63) is 34.3 Å². The summed E-state index contributed by atoms with van der Waals surface area (Å²) in [5, 5.41) is 2.93. The molecule has 1 aromatic carbocycles. The molecule has 0 heterocycles. The zero-order valence-corrected chi connectivity index (χ0v) is 13.0. The van der Waals surface area contributed by atoms with Gasteiger partial charge in [0.05, 0.1) is 5.41 Å². The van der Waals surface area contributed by atoms with Crippen molar-refractivity contribution in [3.8, 4) is 0 Å². The van der Waals surface area contributed by atoms with E-state index in [-0.39, 0.29) is 5.91 Å². The number of amides is 1. The number of hydrogen-bond acceptors (Lipinski definition) is 2. The highest BCUT2D eigenvalue weighted by atomic mass is 79.9. The molecular formula is C14H21BrN2O. The molecule has 0 radical (unpaired) electrons. The Kier molecular flexibility index (Phi) is 4.56. The van der Waals surface area contributed by atoms with Crippen LogP contribution in [0.3, 0.4) is 0 Å². The van der Waals surface area contributed by atoms with Crippen LogP contribution in [0.5, 0.6) is 0 Å². The van der Waals surface area contributed by atoms with E-state index in [0.29, 0.717) is 6.54 Å². The van der Waals surface area contributed by atoms with E-state index in [1.165, 1.54) is 0 Å². The Morgan fingerprint density at radius 3 is 2.17 bits per heavy atom. The standard InChI is InChI=1S/C14H21BrN2O/c1-13(2,14(3,4)16)12(18)17-9-10-5-7-11(15)8-6-10/h5-8H,9,16H2,1-4H3,(H,17,18). The van der Waals surface area contributed by atoms with Gasteiger partial charge in [0.25, 0.3) is 0 Å². The molecule has 0 saturated heterocycles. The van der Waals surface area contributed by atoms with Gasteiger partial charge in [-0.1, -0.05) is 28.1 Å². The Morgan fingerprint density at radius 1 is 1.22 bits per heavy atom. The maximum absolute atomic E-state index is 12.2. The summed E-state index contributed by atoms with van der Waals surface area (Å²) in [6, 6.07) is 7.87. The van der Waals surface area contributed by atoms with Crippen molar-refractivity contribution in [2.24, 2.45) is 11.1 Å². The number of carbonyl (C=O) groups is 1. The number of hydrogen-bond donors (Lipinski definition) is 2. The molecule has 0 fully saturated rings. The first-order valence-electron chi connectivity index (χ1n) is 5.96. The molecule has 0 bridgehead atoms. The van der Waals surface area contributed by atoms with Crippen molar-refractivity contribution < 1.29 is 4.79 Å². The third kappa shape index (κ3) is 3.56. The Labute approximate surface area is 117 Å². The second kappa shape index (κ2) is 5.41. The number of halogens is 1. The maximum Gasteiger partial charge on any atom is 0.227 e. The van der Waals surface area contributed by atoms with Crippen molar-refractivity contribution in [3.63, 3.8) is 0 Å². The van der Waals surface area contributed by atoms with E-state index in [1.54, 1.807) is 0 Å². The molecule has 0 aliphatic heterocycles. The molecule has 3 N–H and O–H groups in total. The average Bonchev–Trinajstić information content (AvgIpc) is 2.26. The smallest absolute Gasteiger partial charge is 0.227 e. The molecule has 0 aliphatic carbocycles. The van der Waals surface area contributed by atoms with Gasteiger partial charge in [-0.25, -0.2) is 0 Å². The van der Waals surface area contributed by atoms with Crippen LogP contribution in [0.25, 0.3) is 0 Å². The van der Waals surface area contributed by atoms with E-state index in [0.717, 1.165) is 10.0 Å². The van der Waals surface area contributed by atoms with Gasteiger partial charge in [0, 0.05) is 16.6 Å². The molecule has 0 aromatic heterocycles. The molecule has 1 amide bonds. The third-order valence-electron chi connectivity index (χ3n) is 3.54. The summed E-state index contributed by atoms with van der Waals surface area (Å²) in [7, 11) is 0. The number of rotatable bonds is 4. The van der Waals surface area contributed by atoms with Gasteiger partial charge in [-0.15, -0.1) is 0 Å². The molecule has 0 atom stereocenters. The summed E-state index contributed by atoms with van der Waals surface area (Å²) in [5.74, 6) is -0.0297. The third-order valence-corrected chi connectivity index (χ3v) is 4.07. The van der Waals surface area contributed by atoms with Crippen molar-refractivity contribution in [2.45, 2.75) is 39.8 Å². The van der Waals surface area contributed by atoms with Gasteiger partial charge in [0.2, 0.25) is 5.91 Å². The number of carbonyl (C=O) groups excluding carboxylic acids is 1. The van der Waals surface area contributed by atoms with E-state index in [4.69, 9.17) is 5.73 Å². The second-order valence-corrected chi connectivity index (χ2v) is 6.57. The van der Waals surface area contributed by atoms with Crippen LogP contribution >= 0.6 is 15.9 Å². The van der Waals surface area contributed by atoms with Crippen molar-refractivity contribution >= 4 is 21.8 Å². The molecule has 0 spiro atoms. The Hall–Kier alpha value is -0.870. The first kappa shape index (κ1) is 15.2. The molecule has 0 saturated carbocycles. The lowest BCUT2D eigenvalue weighted by molar-refractivity contribution is -0.132. The fourth-order valence-electron chi connectivity index (χ4n) is 1.30. The van der Waals surface area contributed by atoms with Gasteiger partial charge in [-0.05, 0) is 45.4 Å². The lowest BCUT2D eigenvalue weighted by atomic mass is 9.74. The zero-order chi connectivity index (χ0) is 14.0. The minimum atomic E-state index is -0.609. The fourth-order valence-corrected chi connectivity index (χ4v) is 1.56. The summed E-state index contributed by atoms with van der Waals surface area (Å²) in [4.78, 5) is 12.2. The van der Waals surface area contributed by atoms with Gasteiger partial charge in [0.15, 0.2) is 0 Å². The Morgan fingerprint density at radius 2 is 1.72 bits per heavy atom. The van der Waals surface area contributed by atoms with Gasteiger partial charge in [0.1, 0.15) is 0 Å². The number of benzene rings is 1. The van der Waals surface area contributed by atoms with Crippen molar-refractivity contribution in [2.75, 3.05) is 0 Å². The van der Waals surface area contributed by atoms with Crippen LogP contribution in [-0.4, -0.2) is 11.4 Å². The molecule has 1 aromatic rings. The van der Waals surface area contributed by atoms with Crippen LogP contribution in [0.2, 0.25) is 0 Å². The highest BCUT2D eigenvalue weighted by Crippen LogP contribution is 2.28. The van der Waals surface area contributed by atoms with Crippen molar-refractivity contribution in [1.29, 1.82) is 0 Å². The van der Waals surface area contributed by atoms with Crippen molar-refractivity contribution in [1.82, 2.24) is 5.32 Å². The SMILES string of the molecule is CC(C)(N)C(C)(C)C(=O)NCc1ccc(Br)cc1. The number of nitrogens with one attached hydrogen (secondary N) is 1. The molecule has 0 unspecified atom stereocenters. The molecule has 1 rings (SSSR count). The topological polar surface area (TPSA) is 55.1 Å². The second-order valence-electron chi connectivity index (χ2n) is 5.66. The fraction of sp³-hybridized carbons (Fsp3) is 0.500. The predicted octanol–water partition coefficient (Wildman–Crippen LogP) is 2.83. The summed E-state index contributed by atoms with van der Waals surface area (Å²) in [6.07, 6.45) is 0. The van der Waals surface area contributed by atoms with Crippen LogP contribution < -0.4 is 11.1 Å². The number of nitrogens with two attached hydrogens (primary N) is 1. The molecule has 100 valence electrons. The van der Waals surface area contributed by atoms with Crippen LogP contribution in [0, 0.1) is 5.41 Å². The van der Waals surface area contributed by atoms with Gasteiger partial charge < -0.3 is 11.1 Å². The van der Waals surface area contributed by atoms with E-state index in [9.17, 15) is 4.79 Å². The Bertz CT molecular complexity index is 418. The maximum atomic E-state index is 12.2. The first-order chi connectivity index (χ1) is 8.14. The summed E-state index contributed by atoms with van der Waals surface area (Å²) >= 11 is 3.38. The molecule has 4 heteroatoms. The first-order valence-corrected chi connectivity index (χ1v) is 6.75. The van der Waals surface area contributed by atoms with Gasteiger partial charge in [-0.3, -0.25) is 4.79 Å². The lowest BCUT2D eigenvalue weighted by Crippen LogP contribution is -2.55. The minimum Gasteiger partial charge on any atom is -0.352 e. The summed E-state index contributed by atoms with van der Waals surface area (Å²) < 4.78 is 1.03. The summed E-state index contributed by atoms with van der Waals surface area (Å²) in [6.45, 7) is 7.98. The molecule has 3 nitrogen and oxygen atoms in total. The quantitative estimate of drug-likeness (QED) is 0.898. The highest BCUT2D eigenvalue weighted by molar-refractivity contribution is 9.10. The van der Waals surface area contributed by atoms with Crippen LogP contribution in [0.15, 0.2) is 28.7 Å². The molecular weight excluding hydrogens is 292 g/mol. The average molecular weight is 313 g/mol.